The normalized spacial score (nSPS) is 10.8. The molecular formula is C13H18N4. The van der Waals surface area contributed by atoms with E-state index in [4.69, 9.17) is 5.73 Å². The fourth-order valence-corrected chi connectivity index (χ4v) is 1.99. The summed E-state index contributed by atoms with van der Waals surface area (Å²) in [5, 5.41) is 4.44. The van der Waals surface area contributed by atoms with Crippen molar-refractivity contribution in [3.8, 4) is 5.69 Å². The molecule has 0 atom stereocenters. The molecule has 2 rings (SSSR count). The lowest BCUT2D eigenvalue weighted by Gasteiger charge is -2.09. The average Bonchev–Trinajstić information content (AvgIpc) is 2.60. The number of rotatable bonds is 3. The highest BCUT2D eigenvalue weighted by Crippen LogP contribution is 2.16. The van der Waals surface area contributed by atoms with E-state index >= 15 is 0 Å². The van der Waals surface area contributed by atoms with Crippen LogP contribution in [-0.2, 0) is 6.42 Å². The second-order valence-corrected chi connectivity index (χ2v) is 4.32. The van der Waals surface area contributed by atoms with Gasteiger partial charge in [0.15, 0.2) is 0 Å². The van der Waals surface area contributed by atoms with E-state index in [-0.39, 0.29) is 0 Å². The number of nitrogens with two attached hydrogens (primary N) is 1. The summed E-state index contributed by atoms with van der Waals surface area (Å²) in [4.78, 5) is 4.41. The Morgan fingerprint density at radius 1 is 1.24 bits per heavy atom. The Labute approximate surface area is 101 Å². The third-order valence-corrected chi connectivity index (χ3v) is 2.73. The third-order valence-electron chi connectivity index (χ3n) is 2.73. The lowest BCUT2D eigenvalue weighted by molar-refractivity contribution is 0.769. The maximum Gasteiger partial charge on any atom is 0.148 e. The topological polar surface area (TPSA) is 56.7 Å². The van der Waals surface area contributed by atoms with Crippen LogP contribution in [0.25, 0.3) is 5.69 Å². The van der Waals surface area contributed by atoms with E-state index in [0.717, 1.165) is 23.8 Å². The Balaban J connectivity index is 2.51. The molecule has 0 saturated heterocycles. The first-order valence-electron chi connectivity index (χ1n) is 5.82. The summed E-state index contributed by atoms with van der Waals surface area (Å²) in [5.74, 6) is 1.71. The third kappa shape index (κ3) is 2.36. The number of nitrogens with zero attached hydrogens (tertiary/aromatic N) is 3. The van der Waals surface area contributed by atoms with Crippen molar-refractivity contribution in [3.05, 3.63) is 41.0 Å². The number of aryl methyl sites for hydroxylation is 3. The highest BCUT2D eigenvalue weighted by atomic mass is 15.3. The maximum absolute atomic E-state index is 5.60. The summed E-state index contributed by atoms with van der Waals surface area (Å²) in [7, 11) is 0. The number of hydrogen-bond acceptors (Lipinski definition) is 3. The van der Waals surface area contributed by atoms with Crippen LogP contribution in [0.5, 0.6) is 0 Å². The predicted molar refractivity (Wildman–Crippen MR) is 68.3 cm³/mol. The Morgan fingerprint density at radius 3 is 2.65 bits per heavy atom. The monoisotopic (exact) mass is 230 g/mol. The lowest BCUT2D eigenvalue weighted by atomic mass is 10.1. The Bertz CT molecular complexity index is 528. The van der Waals surface area contributed by atoms with E-state index in [0.29, 0.717) is 6.54 Å². The largest absolute Gasteiger partial charge is 0.330 e. The molecule has 17 heavy (non-hydrogen) atoms. The number of benzene rings is 1. The fraction of sp³-hybridized carbons (Fsp3) is 0.385. The number of hydrogen-bond donors (Lipinski definition) is 1. The zero-order valence-electron chi connectivity index (χ0n) is 10.6. The SMILES string of the molecule is Cc1ccc(-n2nc(C)nc2CCN)c(C)c1. The van der Waals surface area contributed by atoms with Crippen molar-refractivity contribution in [3.63, 3.8) is 0 Å². The molecule has 4 heteroatoms. The number of aromatic nitrogens is 3. The van der Waals surface area contributed by atoms with Gasteiger partial charge in [-0.1, -0.05) is 17.7 Å². The summed E-state index contributed by atoms with van der Waals surface area (Å²) < 4.78 is 1.90. The van der Waals surface area contributed by atoms with Crippen LogP contribution in [0.2, 0.25) is 0 Å². The van der Waals surface area contributed by atoms with Crippen LogP contribution >= 0.6 is 0 Å². The van der Waals surface area contributed by atoms with Crippen LogP contribution in [0.4, 0.5) is 0 Å². The van der Waals surface area contributed by atoms with Gasteiger partial charge in [0.25, 0.3) is 0 Å². The zero-order valence-corrected chi connectivity index (χ0v) is 10.6. The Hall–Kier alpha value is -1.68. The molecule has 0 aliphatic heterocycles. The summed E-state index contributed by atoms with van der Waals surface area (Å²) in [5.41, 5.74) is 9.14. The van der Waals surface area contributed by atoms with Gasteiger partial charge < -0.3 is 5.73 Å². The lowest BCUT2D eigenvalue weighted by Crippen LogP contribution is -2.10. The van der Waals surface area contributed by atoms with E-state index in [1.165, 1.54) is 11.1 Å². The molecule has 0 unspecified atom stereocenters. The van der Waals surface area contributed by atoms with E-state index in [9.17, 15) is 0 Å². The molecular weight excluding hydrogens is 212 g/mol. The molecule has 0 aliphatic rings. The quantitative estimate of drug-likeness (QED) is 0.873. The highest BCUT2D eigenvalue weighted by molar-refractivity contribution is 5.42. The van der Waals surface area contributed by atoms with Crippen LogP contribution in [0.3, 0.4) is 0 Å². The molecule has 0 spiro atoms. The minimum Gasteiger partial charge on any atom is -0.330 e. The molecule has 0 saturated carbocycles. The van der Waals surface area contributed by atoms with Gasteiger partial charge in [-0.05, 0) is 38.9 Å². The van der Waals surface area contributed by atoms with Gasteiger partial charge in [0.2, 0.25) is 0 Å². The average molecular weight is 230 g/mol. The molecule has 4 nitrogen and oxygen atoms in total. The molecule has 0 amide bonds. The molecule has 1 heterocycles. The summed E-state index contributed by atoms with van der Waals surface area (Å²) in [6, 6.07) is 6.32. The molecule has 2 N–H and O–H groups in total. The first-order chi connectivity index (χ1) is 8.11. The van der Waals surface area contributed by atoms with Gasteiger partial charge in [0.05, 0.1) is 5.69 Å². The van der Waals surface area contributed by atoms with Gasteiger partial charge in [-0.3, -0.25) is 0 Å². The summed E-state index contributed by atoms with van der Waals surface area (Å²) in [6.07, 6.45) is 0.744. The van der Waals surface area contributed by atoms with E-state index in [1.54, 1.807) is 0 Å². The minimum absolute atomic E-state index is 0.586. The second kappa shape index (κ2) is 4.67. The van der Waals surface area contributed by atoms with Crippen LogP contribution in [0, 0.1) is 20.8 Å². The zero-order chi connectivity index (χ0) is 12.4. The van der Waals surface area contributed by atoms with Crippen LogP contribution in [0.1, 0.15) is 22.8 Å². The maximum atomic E-state index is 5.60. The minimum atomic E-state index is 0.586. The molecule has 0 aliphatic carbocycles. The predicted octanol–water partition coefficient (Wildman–Crippen LogP) is 1.69. The first-order valence-corrected chi connectivity index (χ1v) is 5.82. The van der Waals surface area contributed by atoms with Gasteiger partial charge in [-0.25, -0.2) is 9.67 Å². The summed E-state index contributed by atoms with van der Waals surface area (Å²) >= 11 is 0. The molecule has 0 bridgehead atoms. The van der Waals surface area contributed by atoms with Crippen molar-refractivity contribution in [2.45, 2.75) is 27.2 Å². The molecule has 0 fully saturated rings. The first kappa shape index (κ1) is 11.8. The molecule has 2 aromatic rings. The van der Waals surface area contributed by atoms with Gasteiger partial charge in [-0.15, -0.1) is 0 Å². The van der Waals surface area contributed by atoms with Crippen molar-refractivity contribution < 1.29 is 0 Å². The van der Waals surface area contributed by atoms with Gasteiger partial charge in [0, 0.05) is 6.42 Å². The van der Waals surface area contributed by atoms with Crippen molar-refractivity contribution in [1.29, 1.82) is 0 Å². The highest BCUT2D eigenvalue weighted by Gasteiger charge is 2.10. The second-order valence-electron chi connectivity index (χ2n) is 4.32. The van der Waals surface area contributed by atoms with Crippen LogP contribution < -0.4 is 5.73 Å². The van der Waals surface area contributed by atoms with E-state index in [1.807, 2.05) is 11.6 Å². The van der Waals surface area contributed by atoms with Gasteiger partial charge in [0.1, 0.15) is 11.6 Å². The van der Waals surface area contributed by atoms with Crippen molar-refractivity contribution >= 4 is 0 Å². The van der Waals surface area contributed by atoms with Crippen molar-refractivity contribution in [1.82, 2.24) is 14.8 Å². The van der Waals surface area contributed by atoms with Crippen molar-refractivity contribution in [2.24, 2.45) is 5.73 Å². The fourth-order valence-electron chi connectivity index (χ4n) is 1.99. The molecule has 90 valence electrons. The van der Waals surface area contributed by atoms with E-state index in [2.05, 4.69) is 42.1 Å². The van der Waals surface area contributed by atoms with Crippen LogP contribution in [0.15, 0.2) is 18.2 Å². The summed E-state index contributed by atoms with van der Waals surface area (Å²) in [6.45, 7) is 6.67. The van der Waals surface area contributed by atoms with Crippen molar-refractivity contribution in [2.75, 3.05) is 6.54 Å². The van der Waals surface area contributed by atoms with Gasteiger partial charge in [-0.2, -0.15) is 5.10 Å². The van der Waals surface area contributed by atoms with Gasteiger partial charge >= 0.3 is 0 Å². The smallest absolute Gasteiger partial charge is 0.148 e. The molecule has 1 aromatic heterocycles. The Kier molecular flexibility index (Phi) is 3.24. The van der Waals surface area contributed by atoms with Crippen LogP contribution in [-0.4, -0.2) is 21.3 Å². The molecule has 0 radical (unpaired) electrons. The molecule has 1 aromatic carbocycles. The standard InChI is InChI=1S/C13H18N4/c1-9-4-5-12(10(2)8-9)17-13(6-7-14)15-11(3)16-17/h4-5,8H,6-7,14H2,1-3H3. The Morgan fingerprint density at radius 2 is 2.00 bits per heavy atom. The van der Waals surface area contributed by atoms with E-state index < -0.39 is 0 Å².